The Kier molecular flexibility index (Phi) is 4.65. The molecule has 0 radical (unpaired) electrons. The Morgan fingerprint density at radius 2 is 1.88 bits per heavy atom. The van der Waals surface area contributed by atoms with E-state index in [1.807, 2.05) is 30.3 Å². The Hall–Kier alpha value is -0.554. The van der Waals surface area contributed by atoms with Crippen molar-refractivity contribution in [2.24, 2.45) is 0 Å². The van der Waals surface area contributed by atoms with Gasteiger partial charge in [0.05, 0.1) is 0 Å². The van der Waals surface area contributed by atoms with Crippen LogP contribution >= 0.6 is 0 Å². The Bertz CT molecular complexity index is 336. The molecule has 1 saturated heterocycles. The summed E-state index contributed by atoms with van der Waals surface area (Å²) in [6, 6.07) is 9.72. The topological polar surface area (TPSA) is 29.5 Å². The molecule has 0 N–H and O–H groups in total. The summed E-state index contributed by atoms with van der Waals surface area (Å²) in [5, 5.41) is 0.747. The summed E-state index contributed by atoms with van der Waals surface area (Å²) < 4.78 is 18.2. The van der Waals surface area contributed by atoms with Crippen molar-refractivity contribution in [1.82, 2.24) is 4.90 Å². The summed E-state index contributed by atoms with van der Waals surface area (Å²) in [7, 11) is 0. The van der Waals surface area contributed by atoms with Crippen molar-refractivity contribution < 1.29 is 22.2 Å². The average Bonchev–Trinajstić information content (AvgIpc) is 2.38. The molecule has 0 bridgehead atoms. The van der Waals surface area contributed by atoms with Gasteiger partial charge in [0.25, 0.3) is 0 Å². The van der Waals surface area contributed by atoms with E-state index in [0.717, 1.165) is 42.7 Å². The molecular weight excluding hydrogens is 249 g/mol. The molecule has 0 aromatic heterocycles. The second-order valence-corrected chi connectivity index (χ2v) is 5.68. The third-order valence-corrected chi connectivity index (χ3v) is 4.30. The Balaban J connectivity index is 1.79. The maximum atomic E-state index is 12.0. The first-order valence-corrected chi connectivity index (χ1v) is 7.16. The van der Waals surface area contributed by atoms with Crippen LogP contribution in [-0.2, 0) is 22.2 Å². The fourth-order valence-electron chi connectivity index (χ4n) is 1.62. The molecule has 0 saturated carbocycles. The van der Waals surface area contributed by atoms with E-state index in [0.29, 0.717) is 0 Å². The summed E-state index contributed by atoms with van der Waals surface area (Å²) in [6.45, 7) is 4.46. The standard InChI is InChI=1S/C6H12NO.C6H5.Co.O/c1-2-7-3-5-8-6-4-7;1-2-4-6-5-3-1;;/h1-6H2;1-5H;;. The molecule has 0 unspecified atom stereocenters. The summed E-state index contributed by atoms with van der Waals surface area (Å²) in [6.07, 6.45) is 0. The van der Waals surface area contributed by atoms with Crippen molar-refractivity contribution in [3.63, 3.8) is 0 Å². The van der Waals surface area contributed by atoms with Gasteiger partial charge in [-0.2, -0.15) is 0 Å². The number of nitrogens with zero attached hydrogens (tertiary/aromatic N) is 1. The van der Waals surface area contributed by atoms with Crippen LogP contribution in [0.4, 0.5) is 0 Å². The fraction of sp³-hybridized carbons (Fsp3) is 0.500. The van der Waals surface area contributed by atoms with Gasteiger partial charge in [0.2, 0.25) is 0 Å². The Morgan fingerprint density at radius 3 is 2.56 bits per heavy atom. The molecule has 1 aliphatic rings. The van der Waals surface area contributed by atoms with Gasteiger partial charge in [-0.05, 0) is 0 Å². The van der Waals surface area contributed by atoms with Crippen LogP contribution in [0, 0.1) is 0 Å². The van der Waals surface area contributed by atoms with Crippen molar-refractivity contribution >= 4 is 4.50 Å². The van der Waals surface area contributed by atoms with E-state index >= 15 is 0 Å². The molecule has 91 valence electrons. The fourth-order valence-corrected chi connectivity index (χ4v) is 3.05. The van der Waals surface area contributed by atoms with Crippen LogP contribution in [-0.4, -0.2) is 37.7 Å². The Morgan fingerprint density at radius 1 is 1.19 bits per heavy atom. The zero-order valence-electron chi connectivity index (χ0n) is 9.23. The number of benzene rings is 1. The van der Waals surface area contributed by atoms with Crippen LogP contribution in [0.5, 0.6) is 0 Å². The van der Waals surface area contributed by atoms with Crippen LogP contribution in [0.2, 0.25) is 5.36 Å². The molecule has 0 amide bonds. The van der Waals surface area contributed by atoms with Gasteiger partial charge >= 0.3 is 100 Å². The van der Waals surface area contributed by atoms with Gasteiger partial charge in [-0.25, -0.2) is 0 Å². The van der Waals surface area contributed by atoms with Crippen molar-refractivity contribution in [3.05, 3.63) is 30.3 Å². The van der Waals surface area contributed by atoms with Gasteiger partial charge in [-0.1, -0.05) is 0 Å². The van der Waals surface area contributed by atoms with Gasteiger partial charge in [0, 0.05) is 0 Å². The van der Waals surface area contributed by atoms with E-state index in [-0.39, 0.29) is 0 Å². The van der Waals surface area contributed by atoms with Gasteiger partial charge in [-0.3, -0.25) is 0 Å². The van der Waals surface area contributed by atoms with E-state index in [2.05, 4.69) is 4.90 Å². The minimum atomic E-state index is -1.21. The van der Waals surface area contributed by atoms with Crippen molar-refractivity contribution in [2.45, 2.75) is 5.36 Å². The zero-order chi connectivity index (χ0) is 11.2. The van der Waals surface area contributed by atoms with Gasteiger partial charge < -0.3 is 0 Å². The number of ether oxygens (including phenoxy) is 1. The molecule has 0 atom stereocenters. The normalized spacial score (nSPS) is 18.4. The molecule has 2 rings (SSSR count). The first kappa shape index (κ1) is 11.9. The molecule has 3 nitrogen and oxygen atoms in total. The van der Waals surface area contributed by atoms with Gasteiger partial charge in [0.15, 0.2) is 0 Å². The van der Waals surface area contributed by atoms with E-state index in [4.69, 9.17) is 4.74 Å². The van der Waals surface area contributed by atoms with Crippen LogP contribution < -0.4 is 4.50 Å². The molecule has 1 heterocycles. The van der Waals surface area contributed by atoms with E-state index in [1.54, 1.807) is 0 Å². The average molecular weight is 266 g/mol. The van der Waals surface area contributed by atoms with Crippen LogP contribution in [0.1, 0.15) is 0 Å². The second-order valence-electron chi connectivity index (χ2n) is 3.67. The van der Waals surface area contributed by atoms with Crippen molar-refractivity contribution in [3.8, 4) is 0 Å². The number of morpholine rings is 1. The minimum absolute atomic E-state index is 0.747. The summed E-state index contributed by atoms with van der Waals surface area (Å²) >= 11 is -1.21. The van der Waals surface area contributed by atoms with E-state index in [9.17, 15) is 3.87 Å². The predicted molar refractivity (Wildman–Crippen MR) is 58.8 cm³/mol. The summed E-state index contributed by atoms with van der Waals surface area (Å²) in [4.78, 5) is 2.32. The third kappa shape index (κ3) is 3.49. The number of rotatable bonds is 4. The quantitative estimate of drug-likeness (QED) is 0.815. The maximum absolute atomic E-state index is 12.0. The molecule has 4 heteroatoms. The predicted octanol–water partition coefficient (Wildman–Crippen LogP) is 1.03. The molecule has 0 aliphatic carbocycles. The van der Waals surface area contributed by atoms with E-state index < -0.39 is 13.6 Å². The van der Waals surface area contributed by atoms with Crippen LogP contribution in [0.25, 0.3) is 0 Å². The molecule has 1 aliphatic heterocycles. The third-order valence-electron chi connectivity index (χ3n) is 2.58. The molecule has 1 fully saturated rings. The summed E-state index contributed by atoms with van der Waals surface area (Å²) in [5.41, 5.74) is 0. The molecule has 1 aromatic carbocycles. The summed E-state index contributed by atoms with van der Waals surface area (Å²) in [5.74, 6) is 0. The van der Waals surface area contributed by atoms with Gasteiger partial charge in [0.1, 0.15) is 0 Å². The first-order valence-electron chi connectivity index (χ1n) is 5.48. The first-order chi connectivity index (χ1) is 7.86. The number of hydrogen-bond acceptors (Lipinski definition) is 3. The van der Waals surface area contributed by atoms with Gasteiger partial charge in [-0.15, -0.1) is 0 Å². The van der Waals surface area contributed by atoms with Crippen LogP contribution in [0.15, 0.2) is 30.3 Å². The molecule has 1 aromatic rings. The number of hydrogen-bond donors (Lipinski definition) is 0. The monoisotopic (exact) mass is 266 g/mol. The molecular formula is C12H17CoNO2. The van der Waals surface area contributed by atoms with Crippen LogP contribution in [0.3, 0.4) is 0 Å². The van der Waals surface area contributed by atoms with Crippen molar-refractivity contribution in [2.75, 3.05) is 32.8 Å². The van der Waals surface area contributed by atoms with E-state index in [1.165, 1.54) is 0 Å². The van der Waals surface area contributed by atoms with Crippen molar-refractivity contribution in [1.29, 1.82) is 0 Å². The zero-order valence-corrected chi connectivity index (χ0v) is 10.3. The Labute approximate surface area is 100 Å². The molecule has 16 heavy (non-hydrogen) atoms. The second kappa shape index (κ2) is 6.25. The molecule has 0 spiro atoms. The SMILES string of the molecule is [O]=[Co]([CH2]CN1CCOCC1)[c]1ccccc1.